The zero-order valence-corrected chi connectivity index (χ0v) is 14.9. The van der Waals surface area contributed by atoms with E-state index in [1.165, 1.54) is 6.07 Å². The minimum Gasteiger partial charge on any atom is -0.484 e. The Hall–Kier alpha value is -3.45. The minimum atomic E-state index is -0.432. The number of hydrogen-bond acceptors (Lipinski definition) is 6. The molecule has 0 aliphatic rings. The molecular formula is C20H14N2O4S. The molecule has 134 valence electrons. The first-order valence-electron chi connectivity index (χ1n) is 8.14. The molecule has 1 N–H and O–H groups in total. The van der Waals surface area contributed by atoms with Gasteiger partial charge >= 0.3 is 5.63 Å². The molecular weight excluding hydrogens is 364 g/mol. The maximum absolute atomic E-state index is 12.1. The lowest BCUT2D eigenvalue weighted by Crippen LogP contribution is -2.20. The van der Waals surface area contributed by atoms with Gasteiger partial charge in [-0.1, -0.05) is 0 Å². The van der Waals surface area contributed by atoms with E-state index in [1.54, 1.807) is 41.8 Å². The number of aromatic nitrogens is 1. The highest BCUT2D eigenvalue weighted by atomic mass is 32.1. The van der Waals surface area contributed by atoms with Gasteiger partial charge in [0.05, 0.1) is 0 Å². The number of rotatable bonds is 5. The summed E-state index contributed by atoms with van der Waals surface area (Å²) in [5, 5.41) is 6.41. The summed E-state index contributed by atoms with van der Waals surface area (Å²) in [5.41, 5.74) is 1.65. The van der Waals surface area contributed by atoms with Crippen LogP contribution in [0.25, 0.3) is 21.5 Å². The average molecular weight is 378 g/mol. The summed E-state index contributed by atoms with van der Waals surface area (Å²) in [5.74, 6) is 0.165. The SMILES string of the molecule is O=C(COc1ccc2ccc(=O)oc2c1)Nc1ccc(-c2nccs2)cc1. The summed E-state index contributed by atoms with van der Waals surface area (Å²) >= 11 is 1.56. The largest absolute Gasteiger partial charge is 0.484 e. The van der Waals surface area contributed by atoms with Crippen molar-refractivity contribution in [2.45, 2.75) is 0 Å². The van der Waals surface area contributed by atoms with Crippen molar-refractivity contribution < 1.29 is 13.9 Å². The van der Waals surface area contributed by atoms with Crippen LogP contribution in [-0.4, -0.2) is 17.5 Å². The molecule has 4 rings (SSSR count). The third-order valence-corrected chi connectivity index (χ3v) is 4.63. The monoisotopic (exact) mass is 378 g/mol. The number of hydrogen-bond donors (Lipinski definition) is 1. The maximum atomic E-state index is 12.1. The molecule has 0 spiro atoms. The Morgan fingerprint density at radius 1 is 1.11 bits per heavy atom. The lowest BCUT2D eigenvalue weighted by atomic mass is 10.2. The molecule has 1 amide bonds. The first-order chi connectivity index (χ1) is 13.2. The van der Waals surface area contributed by atoms with E-state index in [2.05, 4.69) is 10.3 Å². The first kappa shape index (κ1) is 17.0. The van der Waals surface area contributed by atoms with Crippen LogP contribution in [0, 0.1) is 0 Å². The van der Waals surface area contributed by atoms with Crippen molar-refractivity contribution in [1.82, 2.24) is 4.98 Å². The smallest absolute Gasteiger partial charge is 0.336 e. The maximum Gasteiger partial charge on any atom is 0.336 e. The molecule has 0 saturated carbocycles. The molecule has 6 nitrogen and oxygen atoms in total. The van der Waals surface area contributed by atoms with Crippen molar-refractivity contribution in [3.63, 3.8) is 0 Å². The van der Waals surface area contributed by atoms with Gasteiger partial charge in [0.15, 0.2) is 6.61 Å². The van der Waals surface area contributed by atoms with Crippen molar-refractivity contribution in [2.24, 2.45) is 0 Å². The standard InChI is InChI=1S/C20H14N2O4S/c23-18(22-15-5-1-14(2-6-15)20-21-9-10-27-20)12-25-16-7-3-13-4-8-19(24)26-17(13)11-16/h1-11H,12H2,(H,22,23). The zero-order chi connectivity index (χ0) is 18.6. The van der Waals surface area contributed by atoms with E-state index in [9.17, 15) is 9.59 Å². The van der Waals surface area contributed by atoms with Gasteiger partial charge in [0.25, 0.3) is 5.91 Å². The first-order valence-corrected chi connectivity index (χ1v) is 9.02. The second-order valence-corrected chi connectivity index (χ2v) is 6.60. The number of amides is 1. The van der Waals surface area contributed by atoms with Crippen LogP contribution >= 0.6 is 11.3 Å². The van der Waals surface area contributed by atoms with Crippen LogP contribution in [0.2, 0.25) is 0 Å². The Kier molecular flexibility index (Phi) is 4.67. The molecule has 2 heterocycles. The van der Waals surface area contributed by atoms with E-state index in [0.717, 1.165) is 16.0 Å². The topological polar surface area (TPSA) is 81.4 Å². The summed E-state index contributed by atoms with van der Waals surface area (Å²) in [6, 6.07) is 15.6. The van der Waals surface area contributed by atoms with Crippen LogP contribution in [0.5, 0.6) is 5.75 Å². The fourth-order valence-electron chi connectivity index (χ4n) is 2.54. The van der Waals surface area contributed by atoms with Crippen LogP contribution in [0.4, 0.5) is 5.69 Å². The van der Waals surface area contributed by atoms with Gasteiger partial charge in [-0.05, 0) is 42.5 Å². The molecule has 0 aliphatic heterocycles. The van der Waals surface area contributed by atoms with Crippen LogP contribution in [0.3, 0.4) is 0 Å². The quantitative estimate of drug-likeness (QED) is 0.532. The van der Waals surface area contributed by atoms with Gasteiger partial charge in [0.2, 0.25) is 0 Å². The lowest BCUT2D eigenvalue weighted by molar-refractivity contribution is -0.118. The van der Waals surface area contributed by atoms with Gasteiger partial charge in [0, 0.05) is 40.3 Å². The van der Waals surface area contributed by atoms with Crippen molar-refractivity contribution in [2.75, 3.05) is 11.9 Å². The van der Waals surface area contributed by atoms with Gasteiger partial charge in [-0.15, -0.1) is 11.3 Å². The normalized spacial score (nSPS) is 10.7. The Bertz CT molecular complexity index is 1130. The summed E-state index contributed by atoms with van der Waals surface area (Å²) in [7, 11) is 0. The number of anilines is 1. The number of benzene rings is 2. The molecule has 0 fully saturated rings. The molecule has 2 aromatic heterocycles. The highest BCUT2D eigenvalue weighted by Crippen LogP contribution is 2.23. The average Bonchev–Trinajstić information content (AvgIpc) is 3.21. The highest BCUT2D eigenvalue weighted by molar-refractivity contribution is 7.13. The number of carbonyl (C=O) groups is 1. The number of carbonyl (C=O) groups excluding carboxylic acids is 1. The van der Waals surface area contributed by atoms with Crippen LogP contribution in [0.1, 0.15) is 0 Å². The summed E-state index contributed by atoms with van der Waals surface area (Å²) in [6.07, 6.45) is 1.75. The second-order valence-electron chi connectivity index (χ2n) is 5.71. The molecule has 0 atom stereocenters. The molecule has 0 unspecified atom stereocenters. The number of nitrogens with zero attached hydrogens (tertiary/aromatic N) is 1. The van der Waals surface area contributed by atoms with Crippen molar-refractivity contribution in [3.05, 3.63) is 76.6 Å². The van der Waals surface area contributed by atoms with E-state index in [0.29, 0.717) is 17.0 Å². The van der Waals surface area contributed by atoms with Crippen LogP contribution in [0.15, 0.2) is 75.4 Å². The third kappa shape index (κ3) is 4.04. The van der Waals surface area contributed by atoms with E-state index < -0.39 is 5.63 Å². The predicted octanol–water partition coefficient (Wildman–Crippen LogP) is 3.93. The van der Waals surface area contributed by atoms with Gasteiger partial charge in [-0.3, -0.25) is 4.79 Å². The molecule has 0 aliphatic carbocycles. The molecule has 2 aromatic carbocycles. The van der Waals surface area contributed by atoms with Crippen LogP contribution < -0.4 is 15.7 Å². The number of ether oxygens (including phenoxy) is 1. The molecule has 4 aromatic rings. The summed E-state index contributed by atoms with van der Waals surface area (Å²) in [4.78, 5) is 27.6. The molecule has 0 saturated heterocycles. The van der Waals surface area contributed by atoms with Crippen LogP contribution in [-0.2, 0) is 4.79 Å². The molecule has 27 heavy (non-hydrogen) atoms. The van der Waals surface area contributed by atoms with Crippen molar-refractivity contribution >= 4 is 33.9 Å². The number of nitrogens with one attached hydrogen (secondary N) is 1. The van der Waals surface area contributed by atoms with E-state index >= 15 is 0 Å². The Labute approximate surface area is 158 Å². The Morgan fingerprint density at radius 3 is 2.70 bits per heavy atom. The predicted molar refractivity (Wildman–Crippen MR) is 104 cm³/mol. The lowest BCUT2D eigenvalue weighted by Gasteiger charge is -2.08. The van der Waals surface area contributed by atoms with Gasteiger partial charge in [-0.2, -0.15) is 0 Å². The highest BCUT2D eigenvalue weighted by Gasteiger charge is 2.06. The van der Waals surface area contributed by atoms with Crippen molar-refractivity contribution in [1.29, 1.82) is 0 Å². The van der Waals surface area contributed by atoms with E-state index in [-0.39, 0.29) is 12.5 Å². The minimum absolute atomic E-state index is 0.156. The molecule has 0 bridgehead atoms. The number of fused-ring (bicyclic) bond motifs is 1. The fourth-order valence-corrected chi connectivity index (χ4v) is 3.18. The third-order valence-electron chi connectivity index (χ3n) is 3.81. The fraction of sp³-hybridized carbons (Fsp3) is 0.0500. The molecule has 0 radical (unpaired) electrons. The van der Waals surface area contributed by atoms with Gasteiger partial charge < -0.3 is 14.5 Å². The molecule has 7 heteroatoms. The second kappa shape index (κ2) is 7.43. The Morgan fingerprint density at radius 2 is 1.93 bits per heavy atom. The van der Waals surface area contributed by atoms with E-state index in [4.69, 9.17) is 9.15 Å². The van der Waals surface area contributed by atoms with Crippen molar-refractivity contribution in [3.8, 4) is 16.3 Å². The summed E-state index contributed by atoms with van der Waals surface area (Å²) in [6.45, 7) is -0.156. The van der Waals surface area contributed by atoms with Gasteiger partial charge in [-0.25, -0.2) is 9.78 Å². The Balaban J connectivity index is 1.37. The van der Waals surface area contributed by atoms with Gasteiger partial charge in [0.1, 0.15) is 16.3 Å². The summed E-state index contributed by atoms with van der Waals surface area (Å²) < 4.78 is 10.6. The zero-order valence-electron chi connectivity index (χ0n) is 14.0. The number of thiazole rings is 1. The van der Waals surface area contributed by atoms with E-state index in [1.807, 2.05) is 29.6 Å².